The number of alkyl halides is 3. The van der Waals surface area contributed by atoms with Gasteiger partial charge in [0.15, 0.2) is 0 Å². The van der Waals surface area contributed by atoms with Crippen LogP contribution in [-0.2, 0) is 0 Å². The fraction of sp³-hybridized carbons (Fsp3) is 1.00. The van der Waals surface area contributed by atoms with E-state index in [1.807, 2.05) is 0 Å². The van der Waals surface area contributed by atoms with E-state index in [0.29, 0.717) is 0 Å². The second kappa shape index (κ2) is 4.28. The normalized spacial score (nSPS) is 10.3. The molecule has 0 fully saturated rings. The quantitative estimate of drug-likeness (QED) is 0.352. The number of hydrogen-bond acceptors (Lipinski definition) is 1. The molecule has 0 saturated heterocycles. The summed E-state index contributed by atoms with van der Waals surface area (Å²) in [5, 5.41) is 8.76. The molecule has 0 unspecified atom stereocenters. The van der Waals surface area contributed by atoms with E-state index in [4.69, 9.17) is 5.11 Å². The SMILES string of the molecule is [K+].[O-]C(F)(F)CF. The predicted molar refractivity (Wildman–Crippen MR) is 10.9 cm³/mol. The van der Waals surface area contributed by atoms with Gasteiger partial charge in [0, 0.05) is 0 Å². The summed E-state index contributed by atoms with van der Waals surface area (Å²) in [5.74, 6) is 0. The zero-order valence-corrected chi connectivity index (χ0v) is 6.87. The molecule has 0 aromatic heterocycles. The summed E-state index contributed by atoms with van der Waals surface area (Å²) in [5.41, 5.74) is 0. The van der Waals surface area contributed by atoms with Crippen molar-refractivity contribution in [3.63, 3.8) is 0 Å². The van der Waals surface area contributed by atoms with Gasteiger partial charge in [-0.05, 0) is 0 Å². The van der Waals surface area contributed by atoms with Crippen LogP contribution < -0.4 is 56.5 Å². The van der Waals surface area contributed by atoms with Gasteiger partial charge in [-0.1, -0.05) is 0 Å². The molecule has 0 rings (SSSR count). The van der Waals surface area contributed by atoms with Crippen LogP contribution in [0, 0.1) is 0 Å². The topological polar surface area (TPSA) is 23.1 Å². The first-order valence-corrected chi connectivity index (χ1v) is 1.20. The summed E-state index contributed by atoms with van der Waals surface area (Å²) in [7, 11) is 0. The Hall–Kier alpha value is 1.39. The molecular weight excluding hydrogens is 136 g/mol. The molecule has 0 aliphatic heterocycles. The molecule has 0 aliphatic rings. The Balaban J connectivity index is 0. The van der Waals surface area contributed by atoms with Gasteiger partial charge in [0.05, 0.1) is 0 Å². The van der Waals surface area contributed by atoms with Gasteiger partial charge in [-0.25, -0.2) is 13.2 Å². The molecule has 0 aromatic rings. The summed E-state index contributed by atoms with van der Waals surface area (Å²) in [6, 6.07) is 0. The fourth-order valence-corrected chi connectivity index (χ4v) is 0. The largest absolute Gasteiger partial charge is 1.00 e. The minimum atomic E-state index is -4.38. The van der Waals surface area contributed by atoms with Crippen LogP contribution in [0.5, 0.6) is 0 Å². The Kier molecular flexibility index (Phi) is 6.86. The van der Waals surface area contributed by atoms with E-state index in [1.165, 1.54) is 0 Å². The summed E-state index contributed by atoms with van der Waals surface area (Å²) in [6.45, 7) is -2.12. The van der Waals surface area contributed by atoms with E-state index in [0.717, 1.165) is 0 Å². The van der Waals surface area contributed by atoms with Gasteiger partial charge in [0.1, 0.15) is 6.67 Å². The second-order valence-corrected chi connectivity index (χ2v) is 0.771. The smallest absolute Gasteiger partial charge is 0.796 e. The molecular formula is C2H2F3KO. The Bertz CT molecular complexity index is 42.7. The molecule has 1 nitrogen and oxygen atoms in total. The summed E-state index contributed by atoms with van der Waals surface area (Å²) in [4.78, 5) is 0. The Labute approximate surface area is 81.3 Å². The minimum absolute atomic E-state index is 0. The predicted octanol–water partition coefficient (Wildman–Crippen LogP) is -3.09. The average molecular weight is 138 g/mol. The van der Waals surface area contributed by atoms with Crippen molar-refractivity contribution in [2.45, 2.75) is 6.11 Å². The minimum Gasteiger partial charge on any atom is -0.796 e. The second-order valence-electron chi connectivity index (χ2n) is 0.771. The van der Waals surface area contributed by atoms with Gasteiger partial charge in [-0.15, -0.1) is 0 Å². The van der Waals surface area contributed by atoms with Crippen LogP contribution in [-0.4, -0.2) is 12.8 Å². The molecule has 0 aliphatic carbocycles. The van der Waals surface area contributed by atoms with Crippen LogP contribution in [0.15, 0.2) is 0 Å². The summed E-state index contributed by atoms with van der Waals surface area (Å²) >= 11 is 0. The molecule has 0 aromatic carbocycles. The molecule has 0 heterocycles. The molecule has 0 spiro atoms. The third-order valence-corrected chi connectivity index (χ3v) is 0.156. The van der Waals surface area contributed by atoms with Crippen LogP contribution in [0.3, 0.4) is 0 Å². The van der Waals surface area contributed by atoms with Crippen LogP contribution in [0.1, 0.15) is 0 Å². The number of halogens is 3. The van der Waals surface area contributed by atoms with Gasteiger partial charge in [0.2, 0.25) is 6.11 Å². The molecule has 0 saturated carbocycles. The van der Waals surface area contributed by atoms with Crippen molar-refractivity contribution in [2.24, 2.45) is 0 Å². The van der Waals surface area contributed by atoms with Crippen molar-refractivity contribution >= 4 is 0 Å². The van der Waals surface area contributed by atoms with Crippen LogP contribution in [0.4, 0.5) is 13.2 Å². The molecule has 0 bridgehead atoms. The Morgan fingerprint density at radius 2 is 1.57 bits per heavy atom. The van der Waals surface area contributed by atoms with Crippen LogP contribution in [0.2, 0.25) is 0 Å². The zero-order valence-electron chi connectivity index (χ0n) is 3.75. The van der Waals surface area contributed by atoms with Crippen LogP contribution >= 0.6 is 0 Å². The Morgan fingerprint density at radius 1 is 1.43 bits per heavy atom. The van der Waals surface area contributed by atoms with Gasteiger partial charge in [-0.3, -0.25) is 0 Å². The molecule has 5 heteroatoms. The van der Waals surface area contributed by atoms with Crippen molar-refractivity contribution in [1.29, 1.82) is 0 Å². The zero-order chi connectivity index (χ0) is 5.21. The first-order valence-electron chi connectivity index (χ1n) is 1.20. The first kappa shape index (κ1) is 11.2. The van der Waals surface area contributed by atoms with Crippen LogP contribution in [0.25, 0.3) is 0 Å². The van der Waals surface area contributed by atoms with E-state index < -0.39 is 12.8 Å². The third kappa shape index (κ3) is 11.1. The summed E-state index contributed by atoms with van der Waals surface area (Å²) < 4.78 is 31.5. The van der Waals surface area contributed by atoms with Crippen molar-refractivity contribution in [2.75, 3.05) is 6.67 Å². The van der Waals surface area contributed by atoms with E-state index in [-0.39, 0.29) is 51.4 Å². The molecule has 38 valence electrons. The third-order valence-electron chi connectivity index (χ3n) is 0.156. The van der Waals surface area contributed by atoms with Crippen molar-refractivity contribution in [3.05, 3.63) is 0 Å². The van der Waals surface area contributed by atoms with Gasteiger partial charge in [-0.2, -0.15) is 0 Å². The average Bonchev–Trinajstić information content (AvgIpc) is 1.35. The van der Waals surface area contributed by atoms with Crippen molar-refractivity contribution in [3.8, 4) is 0 Å². The van der Waals surface area contributed by atoms with Crippen molar-refractivity contribution in [1.82, 2.24) is 0 Å². The van der Waals surface area contributed by atoms with Gasteiger partial charge < -0.3 is 5.11 Å². The van der Waals surface area contributed by atoms with Gasteiger partial charge in [0.25, 0.3) is 0 Å². The van der Waals surface area contributed by atoms with E-state index in [9.17, 15) is 13.2 Å². The maximum atomic E-state index is 10.5. The molecule has 0 radical (unpaired) electrons. The maximum absolute atomic E-state index is 10.5. The first-order chi connectivity index (χ1) is 2.56. The maximum Gasteiger partial charge on any atom is 1.00 e. The number of hydrogen-bond donors (Lipinski definition) is 0. The fourth-order valence-electron chi connectivity index (χ4n) is 0. The molecule has 0 amide bonds. The van der Waals surface area contributed by atoms with E-state index >= 15 is 0 Å². The Morgan fingerprint density at radius 3 is 1.57 bits per heavy atom. The summed E-state index contributed by atoms with van der Waals surface area (Å²) in [6.07, 6.45) is -4.38. The molecule has 7 heavy (non-hydrogen) atoms. The standard InChI is InChI=1S/C2H2F3O.K/c3-1-2(4,5)6;/h1H2;/q-1;+1. The number of rotatable bonds is 1. The van der Waals surface area contributed by atoms with Gasteiger partial charge >= 0.3 is 51.4 Å². The van der Waals surface area contributed by atoms with Crippen molar-refractivity contribution < 1.29 is 69.7 Å². The molecule has 0 N–H and O–H groups in total. The van der Waals surface area contributed by atoms with E-state index in [2.05, 4.69) is 0 Å². The monoisotopic (exact) mass is 138 g/mol. The van der Waals surface area contributed by atoms with E-state index in [1.54, 1.807) is 0 Å². The molecule has 0 atom stereocenters.